The third-order valence-electron chi connectivity index (χ3n) is 1.99. The maximum absolute atomic E-state index is 11.3. The molecule has 0 aliphatic carbocycles. The number of hydrogen-bond donors (Lipinski definition) is 1. The number of nitrogens with one attached hydrogen (secondary N) is 1. The van der Waals surface area contributed by atoms with Crippen molar-refractivity contribution in [1.29, 1.82) is 0 Å². The number of carbonyl (C=O) groups is 1. The van der Waals surface area contributed by atoms with Crippen molar-refractivity contribution in [2.75, 3.05) is 18.5 Å². The van der Waals surface area contributed by atoms with E-state index in [1.807, 2.05) is 31.2 Å². The van der Waals surface area contributed by atoms with Crippen LogP contribution in [-0.2, 0) is 16.1 Å². The second-order valence-electron chi connectivity index (χ2n) is 3.14. The van der Waals surface area contributed by atoms with Crippen LogP contribution in [0.2, 0.25) is 0 Å². The quantitative estimate of drug-likeness (QED) is 0.835. The van der Waals surface area contributed by atoms with Crippen LogP contribution >= 0.6 is 0 Å². The molecule has 88 valence electrons. The van der Waals surface area contributed by atoms with Gasteiger partial charge < -0.3 is 9.47 Å². The molecule has 0 bridgehead atoms. The molecule has 0 fully saturated rings. The molecule has 0 unspecified atom stereocenters. The van der Waals surface area contributed by atoms with E-state index in [0.717, 1.165) is 11.3 Å². The van der Waals surface area contributed by atoms with Gasteiger partial charge in [0, 0.05) is 17.9 Å². The Morgan fingerprint density at radius 3 is 2.69 bits per heavy atom. The van der Waals surface area contributed by atoms with Gasteiger partial charge >= 0.3 is 6.09 Å². The van der Waals surface area contributed by atoms with Gasteiger partial charge in [0.25, 0.3) is 0 Å². The second kappa shape index (κ2) is 6.85. The van der Waals surface area contributed by atoms with Gasteiger partial charge in [0.15, 0.2) is 0 Å². The molecule has 0 aromatic heterocycles. The zero-order chi connectivity index (χ0) is 11.8. The van der Waals surface area contributed by atoms with Gasteiger partial charge in [0.2, 0.25) is 0 Å². The Kier molecular flexibility index (Phi) is 5.36. The third kappa shape index (κ3) is 3.90. The third-order valence-corrected chi connectivity index (χ3v) is 1.99. The minimum absolute atomic E-state index is 0.361. The largest absolute Gasteiger partial charge is 0.450 e. The van der Waals surface area contributed by atoms with Gasteiger partial charge in [0.1, 0.15) is 0 Å². The summed E-state index contributed by atoms with van der Waals surface area (Å²) in [5.74, 6) is 0. The molecule has 0 atom stereocenters. The molecule has 1 aromatic carbocycles. The van der Waals surface area contributed by atoms with Crippen LogP contribution in [0, 0.1) is 0 Å². The minimum Gasteiger partial charge on any atom is -0.450 e. The van der Waals surface area contributed by atoms with E-state index in [-0.39, 0.29) is 0 Å². The summed E-state index contributed by atoms with van der Waals surface area (Å²) in [5.41, 5.74) is 1.67. The molecule has 1 amide bonds. The Morgan fingerprint density at radius 2 is 2.00 bits per heavy atom. The van der Waals surface area contributed by atoms with Gasteiger partial charge in [-0.15, -0.1) is 0 Å². The molecule has 0 aliphatic heterocycles. The summed E-state index contributed by atoms with van der Waals surface area (Å²) in [6, 6.07) is 7.50. The van der Waals surface area contributed by atoms with Crippen molar-refractivity contribution in [3.8, 4) is 0 Å². The summed E-state index contributed by atoms with van der Waals surface area (Å²) >= 11 is 0. The second-order valence-corrected chi connectivity index (χ2v) is 3.14. The van der Waals surface area contributed by atoms with E-state index in [1.165, 1.54) is 0 Å². The topological polar surface area (TPSA) is 47.6 Å². The van der Waals surface area contributed by atoms with E-state index < -0.39 is 6.09 Å². The molecule has 0 heterocycles. The molecule has 0 aliphatic rings. The van der Waals surface area contributed by atoms with E-state index in [0.29, 0.717) is 19.8 Å². The summed E-state index contributed by atoms with van der Waals surface area (Å²) < 4.78 is 10.1. The summed E-state index contributed by atoms with van der Waals surface area (Å²) in [6.45, 7) is 5.19. The van der Waals surface area contributed by atoms with Gasteiger partial charge in [0.05, 0.1) is 13.2 Å². The Morgan fingerprint density at radius 1 is 1.25 bits per heavy atom. The SMILES string of the molecule is CCOCc1ccccc1NC(=O)OCC. The molecule has 0 saturated heterocycles. The van der Waals surface area contributed by atoms with Crippen molar-refractivity contribution in [1.82, 2.24) is 0 Å². The van der Waals surface area contributed by atoms with E-state index >= 15 is 0 Å². The number of anilines is 1. The summed E-state index contributed by atoms with van der Waals surface area (Å²) in [7, 11) is 0. The molecule has 0 saturated carbocycles. The lowest BCUT2D eigenvalue weighted by Gasteiger charge is -2.10. The van der Waals surface area contributed by atoms with Gasteiger partial charge in [-0.2, -0.15) is 0 Å². The molecule has 1 aromatic rings. The maximum atomic E-state index is 11.3. The van der Waals surface area contributed by atoms with Crippen LogP contribution in [0.1, 0.15) is 19.4 Å². The van der Waals surface area contributed by atoms with Crippen molar-refractivity contribution in [3.05, 3.63) is 29.8 Å². The standard InChI is InChI=1S/C12H17NO3/c1-3-15-9-10-7-5-6-8-11(10)13-12(14)16-4-2/h5-8H,3-4,9H2,1-2H3,(H,13,14). The highest BCUT2D eigenvalue weighted by Crippen LogP contribution is 2.16. The molecule has 1 N–H and O–H groups in total. The van der Waals surface area contributed by atoms with E-state index in [4.69, 9.17) is 9.47 Å². The maximum Gasteiger partial charge on any atom is 0.411 e. The highest BCUT2D eigenvalue weighted by atomic mass is 16.5. The fraction of sp³-hybridized carbons (Fsp3) is 0.417. The molecule has 16 heavy (non-hydrogen) atoms. The average Bonchev–Trinajstić information content (AvgIpc) is 2.28. The first-order chi connectivity index (χ1) is 7.77. The van der Waals surface area contributed by atoms with Gasteiger partial charge in [-0.1, -0.05) is 18.2 Å². The van der Waals surface area contributed by atoms with Crippen molar-refractivity contribution in [3.63, 3.8) is 0 Å². The Balaban J connectivity index is 2.66. The summed E-state index contributed by atoms with van der Waals surface area (Å²) in [5, 5.41) is 2.68. The Hall–Kier alpha value is -1.55. The number of rotatable bonds is 5. The predicted octanol–water partition coefficient (Wildman–Crippen LogP) is 2.79. The van der Waals surface area contributed by atoms with Crippen molar-refractivity contribution >= 4 is 11.8 Å². The number of hydrogen-bond acceptors (Lipinski definition) is 3. The van der Waals surface area contributed by atoms with Crippen molar-refractivity contribution in [2.24, 2.45) is 0 Å². The molecule has 0 radical (unpaired) electrons. The molecular formula is C12H17NO3. The first-order valence-electron chi connectivity index (χ1n) is 5.37. The zero-order valence-electron chi connectivity index (χ0n) is 9.66. The number of para-hydroxylation sites is 1. The van der Waals surface area contributed by atoms with Crippen LogP contribution in [0.15, 0.2) is 24.3 Å². The highest BCUT2D eigenvalue weighted by molar-refractivity contribution is 5.85. The van der Waals surface area contributed by atoms with Crippen LogP contribution in [0.25, 0.3) is 0 Å². The first kappa shape index (κ1) is 12.5. The summed E-state index contributed by atoms with van der Waals surface area (Å²) in [4.78, 5) is 11.3. The minimum atomic E-state index is -0.438. The van der Waals surface area contributed by atoms with Crippen LogP contribution in [0.3, 0.4) is 0 Å². The van der Waals surface area contributed by atoms with Crippen molar-refractivity contribution in [2.45, 2.75) is 20.5 Å². The lowest BCUT2D eigenvalue weighted by Crippen LogP contribution is -2.14. The van der Waals surface area contributed by atoms with E-state index in [9.17, 15) is 4.79 Å². The van der Waals surface area contributed by atoms with Crippen LogP contribution in [0.4, 0.5) is 10.5 Å². The first-order valence-corrected chi connectivity index (χ1v) is 5.37. The van der Waals surface area contributed by atoms with Gasteiger partial charge in [-0.3, -0.25) is 5.32 Å². The Labute approximate surface area is 95.6 Å². The fourth-order valence-electron chi connectivity index (χ4n) is 1.26. The molecule has 4 nitrogen and oxygen atoms in total. The monoisotopic (exact) mass is 223 g/mol. The lowest BCUT2D eigenvalue weighted by molar-refractivity contribution is 0.134. The Bertz CT molecular complexity index is 339. The van der Waals surface area contributed by atoms with E-state index in [2.05, 4.69) is 5.32 Å². The predicted molar refractivity (Wildman–Crippen MR) is 62.4 cm³/mol. The highest BCUT2D eigenvalue weighted by Gasteiger charge is 2.06. The van der Waals surface area contributed by atoms with E-state index in [1.54, 1.807) is 6.92 Å². The number of carbonyl (C=O) groups excluding carboxylic acids is 1. The zero-order valence-corrected chi connectivity index (χ0v) is 9.66. The van der Waals surface area contributed by atoms with Crippen LogP contribution in [-0.4, -0.2) is 19.3 Å². The molecular weight excluding hydrogens is 206 g/mol. The normalized spacial score (nSPS) is 9.88. The molecule has 4 heteroatoms. The van der Waals surface area contributed by atoms with Crippen LogP contribution < -0.4 is 5.32 Å². The van der Waals surface area contributed by atoms with Crippen molar-refractivity contribution < 1.29 is 14.3 Å². The van der Waals surface area contributed by atoms with Gasteiger partial charge in [-0.05, 0) is 19.9 Å². The lowest BCUT2D eigenvalue weighted by atomic mass is 10.2. The van der Waals surface area contributed by atoms with Crippen LogP contribution in [0.5, 0.6) is 0 Å². The number of benzene rings is 1. The molecule has 0 spiro atoms. The number of amides is 1. The summed E-state index contributed by atoms with van der Waals surface area (Å²) in [6.07, 6.45) is -0.438. The van der Waals surface area contributed by atoms with Gasteiger partial charge in [-0.25, -0.2) is 4.79 Å². The smallest absolute Gasteiger partial charge is 0.411 e. The molecule has 1 rings (SSSR count). The number of ether oxygens (including phenoxy) is 2. The fourth-order valence-corrected chi connectivity index (χ4v) is 1.26. The average molecular weight is 223 g/mol.